The van der Waals surface area contributed by atoms with E-state index in [9.17, 15) is 10.4 Å². The summed E-state index contributed by atoms with van der Waals surface area (Å²) in [5.41, 5.74) is 4.13. The first-order valence-corrected chi connectivity index (χ1v) is 11.3. The van der Waals surface area contributed by atoms with Crippen LogP contribution in [0.4, 0.5) is 17.3 Å². The van der Waals surface area contributed by atoms with E-state index in [1.807, 2.05) is 65.9 Å². The highest BCUT2D eigenvalue weighted by molar-refractivity contribution is 5.82. The number of hydrogen-bond donors (Lipinski definition) is 2. The summed E-state index contributed by atoms with van der Waals surface area (Å²) in [6.45, 7) is 2.56. The van der Waals surface area contributed by atoms with Crippen molar-refractivity contribution in [3.8, 4) is 11.9 Å². The van der Waals surface area contributed by atoms with Crippen LogP contribution in [-0.2, 0) is 6.42 Å². The molecular weight excluding hydrogens is 428 g/mol. The number of hydrogen-bond acceptors (Lipinski definition) is 8. The van der Waals surface area contributed by atoms with Gasteiger partial charge in [-0.15, -0.1) is 5.10 Å². The normalized spacial score (nSPS) is 14.1. The molecule has 1 aromatic carbocycles. The fraction of sp³-hybridized carbons (Fsp3) is 0.320. The molecule has 172 valence electrons. The number of aryl methyl sites for hydroxylation is 1. The molecule has 0 aliphatic heterocycles. The van der Waals surface area contributed by atoms with Gasteiger partial charge in [-0.25, -0.2) is 9.97 Å². The minimum Gasteiger partial charge on any atom is -0.396 e. The van der Waals surface area contributed by atoms with Crippen LogP contribution in [0.3, 0.4) is 0 Å². The smallest absolute Gasteiger partial charge is 0.153 e. The Balaban J connectivity index is 1.49. The van der Waals surface area contributed by atoms with Gasteiger partial charge in [0, 0.05) is 25.9 Å². The Morgan fingerprint density at radius 3 is 2.74 bits per heavy atom. The molecule has 0 atom stereocenters. The highest BCUT2D eigenvalue weighted by atomic mass is 16.3. The molecule has 9 heteroatoms. The van der Waals surface area contributed by atoms with Crippen LogP contribution in [0.15, 0.2) is 48.8 Å². The van der Waals surface area contributed by atoms with Crippen LogP contribution >= 0.6 is 0 Å². The summed E-state index contributed by atoms with van der Waals surface area (Å²) in [5, 5.41) is 30.6. The van der Waals surface area contributed by atoms with Crippen molar-refractivity contribution in [3.05, 3.63) is 60.0 Å². The second-order valence-electron chi connectivity index (χ2n) is 8.88. The first kappa shape index (κ1) is 21.8. The summed E-state index contributed by atoms with van der Waals surface area (Å²) in [4.78, 5) is 11.5. The van der Waals surface area contributed by atoms with Crippen molar-refractivity contribution in [1.82, 2.24) is 24.7 Å². The van der Waals surface area contributed by atoms with E-state index in [4.69, 9.17) is 4.98 Å². The quantitative estimate of drug-likeness (QED) is 0.415. The lowest BCUT2D eigenvalue weighted by molar-refractivity contribution is 0.299. The maximum absolute atomic E-state index is 9.55. The molecule has 0 spiro atoms. The number of benzene rings is 1. The molecule has 3 heterocycles. The number of nitrogens with zero attached hydrogens (tertiary/aromatic N) is 7. The average molecular weight is 455 g/mol. The van der Waals surface area contributed by atoms with E-state index in [2.05, 4.69) is 26.6 Å². The van der Waals surface area contributed by atoms with Gasteiger partial charge in [0.2, 0.25) is 0 Å². The summed E-state index contributed by atoms with van der Waals surface area (Å²) in [5.74, 6) is 2.16. The standard InChI is InChI=1S/C25H26N8O/c1-17-3-7-22(31-30-17)28-19-5-6-20-21(13-19)33(16-27-20)23-8-4-18(9-12-34)24(29-23)32(2)15-25(14-26)10-11-25/h3-8,13,16,34H,9-12,15H2,1-2H3,(H,28,31). The number of pyridine rings is 1. The molecule has 34 heavy (non-hydrogen) atoms. The zero-order valence-corrected chi connectivity index (χ0v) is 19.2. The summed E-state index contributed by atoms with van der Waals surface area (Å²) in [6.07, 6.45) is 4.09. The molecule has 0 unspecified atom stereocenters. The van der Waals surface area contributed by atoms with Crippen LogP contribution in [0.1, 0.15) is 24.1 Å². The van der Waals surface area contributed by atoms with Crippen LogP contribution in [-0.4, -0.2) is 50.0 Å². The highest BCUT2D eigenvalue weighted by Gasteiger charge is 2.44. The van der Waals surface area contributed by atoms with Gasteiger partial charge < -0.3 is 15.3 Å². The van der Waals surface area contributed by atoms with E-state index >= 15 is 0 Å². The van der Waals surface area contributed by atoms with Gasteiger partial charge in [-0.2, -0.15) is 10.4 Å². The molecule has 0 bridgehead atoms. The van der Waals surface area contributed by atoms with E-state index in [1.165, 1.54) is 0 Å². The Kier molecular flexibility index (Phi) is 5.59. The molecule has 0 radical (unpaired) electrons. The predicted octanol–water partition coefficient (Wildman–Crippen LogP) is 3.54. The molecule has 1 saturated carbocycles. The molecule has 3 aromatic heterocycles. The molecule has 1 aliphatic rings. The Morgan fingerprint density at radius 2 is 2.03 bits per heavy atom. The molecule has 9 nitrogen and oxygen atoms in total. The third-order valence-corrected chi connectivity index (χ3v) is 6.18. The Morgan fingerprint density at radius 1 is 1.18 bits per heavy atom. The van der Waals surface area contributed by atoms with Crippen LogP contribution in [0.25, 0.3) is 16.9 Å². The average Bonchev–Trinajstić information content (AvgIpc) is 3.50. The SMILES string of the molecule is Cc1ccc(Nc2ccc3ncn(-c4ccc(CCO)c(N(C)CC5(C#N)CC5)n4)c3c2)nn1. The lowest BCUT2D eigenvalue weighted by Gasteiger charge is -2.24. The van der Waals surface area contributed by atoms with Gasteiger partial charge in [0.25, 0.3) is 0 Å². The van der Waals surface area contributed by atoms with Crippen molar-refractivity contribution in [1.29, 1.82) is 5.26 Å². The minimum absolute atomic E-state index is 0.0379. The van der Waals surface area contributed by atoms with Crippen molar-refractivity contribution >= 4 is 28.4 Å². The van der Waals surface area contributed by atoms with Crippen LogP contribution in [0, 0.1) is 23.7 Å². The number of aromatic nitrogens is 5. The van der Waals surface area contributed by atoms with Gasteiger partial charge in [-0.1, -0.05) is 6.07 Å². The van der Waals surface area contributed by atoms with Crippen molar-refractivity contribution in [3.63, 3.8) is 0 Å². The van der Waals surface area contributed by atoms with Crippen molar-refractivity contribution in [2.24, 2.45) is 5.41 Å². The Labute approximate surface area is 197 Å². The van der Waals surface area contributed by atoms with Gasteiger partial charge >= 0.3 is 0 Å². The zero-order chi connectivity index (χ0) is 23.7. The minimum atomic E-state index is -0.288. The second kappa shape index (κ2) is 8.72. The van der Waals surface area contributed by atoms with Crippen molar-refractivity contribution < 1.29 is 5.11 Å². The van der Waals surface area contributed by atoms with E-state index in [0.29, 0.717) is 18.8 Å². The number of nitriles is 1. The number of aliphatic hydroxyl groups excluding tert-OH is 1. The van der Waals surface area contributed by atoms with Gasteiger partial charge in [0.15, 0.2) is 5.82 Å². The van der Waals surface area contributed by atoms with Crippen LogP contribution in [0.5, 0.6) is 0 Å². The Bertz CT molecular complexity index is 1370. The van der Waals surface area contributed by atoms with Gasteiger partial charge in [-0.05, 0) is 68.1 Å². The van der Waals surface area contributed by atoms with Crippen LogP contribution in [0.2, 0.25) is 0 Å². The van der Waals surface area contributed by atoms with E-state index in [0.717, 1.165) is 52.5 Å². The second-order valence-corrected chi connectivity index (χ2v) is 8.88. The first-order valence-electron chi connectivity index (χ1n) is 11.3. The molecule has 4 aromatic rings. The molecular formula is C25H26N8O. The number of nitrogens with one attached hydrogen (secondary N) is 1. The number of anilines is 3. The van der Waals surface area contributed by atoms with Crippen LogP contribution < -0.4 is 10.2 Å². The van der Waals surface area contributed by atoms with Crippen molar-refractivity contribution in [2.45, 2.75) is 26.2 Å². The molecule has 0 saturated heterocycles. The monoisotopic (exact) mass is 454 g/mol. The van der Waals surface area contributed by atoms with E-state index in [1.54, 1.807) is 6.33 Å². The highest BCUT2D eigenvalue weighted by Crippen LogP contribution is 2.46. The summed E-state index contributed by atoms with van der Waals surface area (Å²) in [6, 6.07) is 16.1. The largest absolute Gasteiger partial charge is 0.396 e. The maximum atomic E-state index is 9.55. The predicted molar refractivity (Wildman–Crippen MR) is 130 cm³/mol. The summed E-state index contributed by atoms with van der Waals surface area (Å²) >= 11 is 0. The summed E-state index contributed by atoms with van der Waals surface area (Å²) < 4.78 is 1.94. The molecule has 1 aliphatic carbocycles. The van der Waals surface area contributed by atoms with Gasteiger partial charge in [0.05, 0.1) is 28.2 Å². The number of rotatable bonds is 8. The third-order valence-electron chi connectivity index (χ3n) is 6.18. The third kappa shape index (κ3) is 4.28. The molecule has 1 fully saturated rings. The maximum Gasteiger partial charge on any atom is 0.153 e. The fourth-order valence-electron chi connectivity index (χ4n) is 4.11. The molecule has 5 rings (SSSR count). The Hall–Kier alpha value is -4.03. The van der Waals surface area contributed by atoms with Crippen molar-refractivity contribution in [2.75, 3.05) is 30.4 Å². The van der Waals surface area contributed by atoms with E-state index < -0.39 is 0 Å². The fourth-order valence-corrected chi connectivity index (χ4v) is 4.11. The summed E-state index contributed by atoms with van der Waals surface area (Å²) in [7, 11) is 1.96. The number of fused-ring (bicyclic) bond motifs is 1. The lowest BCUT2D eigenvalue weighted by Crippen LogP contribution is -2.28. The van der Waals surface area contributed by atoms with Gasteiger partial charge in [-0.3, -0.25) is 4.57 Å². The lowest BCUT2D eigenvalue weighted by atomic mass is 10.1. The van der Waals surface area contributed by atoms with Gasteiger partial charge in [0.1, 0.15) is 18.0 Å². The number of imidazole rings is 1. The first-order chi connectivity index (χ1) is 16.5. The molecule has 0 amide bonds. The number of aliphatic hydroxyl groups is 1. The topological polar surface area (TPSA) is 116 Å². The zero-order valence-electron chi connectivity index (χ0n) is 19.2. The van der Waals surface area contributed by atoms with E-state index in [-0.39, 0.29) is 12.0 Å². The molecule has 2 N–H and O–H groups in total.